The fourth-order valence-electron chi connectivity index (χ4n) is 4.69. The molecule has 1 saturated carbocycles. The summed E-state index contributed by atoms with van der Waals surface area (Å²) in [5.41, 5.74) is 1.56. The van der Waals surface area contributed by atoms with Crippen LogP contribution in [0, 0.1) is 18.6 Å². The number of aryl methyl sites for hydroxylation is 1. The normalized spacial score (nSPS) is 15.2. The van der Waals surface area contributed by atoms with Crippen LogP contribution in [0.3, 0.4) is 0 Å². The standard InChI is InChI=1S/C27H35F2N3O4S/c1-4-25(27(34)30-21-12-6-5-7-13-21)31(17-20-11-9-8-10-19(20)2)26(33)18-32(37(3,35)36)22-14-15-23(28)24(29)16-22/h8-11,14-16,21,25H,4-7,12-13,17-18H2,1-3H3,(H,30,34). The van der Waals surface area contributed by atoms with Crippen LogP contribution in [0.1, 0.15) is 56.6 Å². The number of carbonyl (C=O) groups excluding carboxylic acids is 2. The van der Waals surface area contributed by atoms with E-state index in [1.165, 1.54) is 4.90 Å². The molecule has 1 aliphatic rings. The summed E-state index contributed by atoms with van der Waals surface area (Å²) in [5.74, 6) is -3.26. The molecule has 0 spiro atoms. The van der Waals surface area contributed by atoms with E-state index in [0.717, 1.165) is 72.0 Å². The second-order valence-electron chi connectivity index (χ2n) is 9.58. The molecule has 1 N–H and O–H groups in total. The Morgan fingerprint density at radius 2 is 1.73 bits per heavy atom. The summed E-state index contributed by atoms with van der Waals surface area (Å²) in [6.45, 7) is 3.12. The quantitative estimate of drug-likeness (QED) is 0.492. The number of anilines is 1. The van der Waals surface area contributed by atoms with Gasteiger partial charge in [0.1, 0.15) is 12.6 Å². The van der Waals surface area contributed by atoms with Crippen molar-refractivity contribution in [3.8, 4) is 0 Å². The highest BCUT2D eigenvalue weighted by molar-refractivity contribution is 7.92. The monoisotopic (exact) mass is 535 g/mol. The number of carbonyl (C=O) groups is 2. The molecule has 7 nitrogen and oxygen atoms in total. The van der Waals surface area contributed by atoms with E-state index in [-0.39, 0.29) is 24.2 Å². The molecule has 3 rings (SSSR count). The molecule has 1 atom stereocenters. The molecule has 2 aromatic rings. The second-order valence-corrected chi connectivity index (χ2v) is 11.5. The predicted octanol–water partition coefficient (Wildman–Crippen LogP) is 4.30. The Balaban J connectivity index is 1.93. The van der Waals surface area contributed by atoms with Gasteiger partial charge in [-0.3, -0.25) is 13.9 Å². The highest BCUT2D eigenvalue weighted by Crippen LogP contribution is 2.23. The maximum absolute atomic E-state index is 13.9. The van der Waals surface area contributed by atoms with Crippen molar-refractivity contribution in [1.82, 2.24) is 10.2 Å². The zero-order valence-electron chi connectivity index (χ0n) is 21.5. The fraction of sp³-hybridized carbons (Fsp3) is 0.481. The smallest absolute Gasteiger partial charge is 0.244 e. The first-order valence-electron chi connectivity index (χ1n) is 12.6. The lowest BCUT2D eigenvalue weighted by atomic mass is 9.95. The van der Waals surface area contributed by atoms with Crippen LogP contribution >= 0.6 is 0 Å². The summed E-state index contributed by atoms with van der Waals surface area (Å²) >= 11 is 0. The second kappa shape index (κ2) is 12.5. The zero-order valence-corrected chi connectivity index (χ0v) is 22.4. The van der Waals surface area contributed by atoms with Crippen molar-refractivity contribution < 1.29 is 26.8 Å². The maximum Gasteiger partial charge on any atom is 0.244 e. The van der Waals surface area contributed by atoms with Gasteiger partial charge in [0, 0.05) is 18.7 Å². The van der Waals surface area contributed by atoms with Crippen LogP contribution < -0.4 is 9.62 Å². The lowest BCUT2D eigenvalue weighted by Crippen LogP contribution is -2.54. The van der Waals surface area contributed by atoms with Crippen LogP contribution in [0.5, 0.6) is 0 Å². The molecule has 0 saturated heterocycles. The number of sulfonamides is 1. The van der Waals surface area contributed by atoms with Gasteiger partial charge < -0.3 is 10.2 Å². The summed E-state index contributed by atoms with van der Waals surface area (Å²) in [6, 6.07) is 9.31. The third kappa shape index (κ3) is 7.50. The molecule has 0 radical (unpaired) electrons. The van der Waals surface area contributed by atoms with Crippen molar-refractivity contribution in [3.63, 3.8) is 0 Å². The Bertz CT molecular complexity index is 1220. The van der Waals surface area contributed by atoms with Gasteiger partial charge in [0.25, 0.3) is 0 Å². The number of benzene rings is 2. The lowest BCUT2D eigenvalue weighted by molar-refractivity contribution is -0.140. The van der Waals surface area contributed by atoms with Gasteiger partial charge in [0.2, 0.25) is 21.8 Å². The van der Waals surface area contributed by atoms with Crippen molar-refractivity contribution in [2.75, 3.05) is 17.1 Å². The molecule has 0 aromatic heterocycles. The first-order chi connectivity index (χ1) is 17.5. The van der Waals surface area contributed by atoms with E-state index in [1.54, 1.807) is 6.92 Å². The molecule has 0 heterocycles. The molecule has 1 aliphatic carbocycles. The van der Waals surface area contributed by atoms with Crippen LogP contribution in [0.25, 0.3) is 0 Å². The molecule has 1 fully saturated rings. The minimum Gasteiger partial charge on any atom is -0.352 e. The zero-order chi connectivity index (χ0) is 27.2. The summed E-state index contributed by atoms with van der Waals surface area (Å²) in [5, 5.41) is 3.08. The van der Waals surface area contributed by atoms with Crippen molar-refractivity contribution in [3.05, 3.63) is 65.2 Å². The third-order valence-electron chi connectivity index (χ3n) is 6.81. The summed E-state index contributed by atoms with van der Waals surface area (Å²) in [4.78, 5) is 28.5. The number of halogens is 2. The summed E-state index contributed by atoms with van der Waals surface area (Å²) in [6.07, 6.45) is 6.17. The van der Waals surface area contributed by atoms with Gasteiger partial charge in [-0.15, -0.1) is 0 Å². The van der Waals surface area contributed by atoms with E-state index in [0.29, 0.717) is 6.42 Å². The fourth-order valence-corrected chi connectivity index (χ4v) is 5.53. The van der Waals surface area contributed by atoms with Gasteiger partial charge in [-0.1, -0.05) is 50.5 Å². The topological polar surface area (TPSA) is 86.8 Å². The molecule has 0 bridgehead atoms. The first kappa shape index (κ1) is 28.6. The van der Waals surface area contributed by atoms with E-state index in [1.807, 2.05) is 31.2 Å². The van der Waals surface area contributed by atoms with Crippen LogP contribution in [0.4, 0.5) is 14.5 Å². The Kier molecular flexibility index (Phi) is 9.64. The SMILES string of the molecule is CCC(C(=O)NC1CCCCC1)N(Cc1ccccc1C)C(=O)CN(c1ccc(F)c(F)c1)S(C)(=O)=O. The number of hydrogen-bond acceptors (Lipinski definition) is 4. The largest absolute Gasteiger partial charge is 0.352 e. The number of hydrogen-bond donors (Lipinski definition) is 1. The van der Waals surface area contributed by atoms with E-state index in [4.69, 9.17) is 0 Å². The minimum atomic E-state index is -4.04. The van der Waals surface area contributed by atoms with Crippen LogP contribution in [0.15, 0.2) is 42.5 Å². The highest BCUT2D eigenvalue weighted by Gasteiger charge is 2.33. The molecule has 1 unspecified atom stereocenters. The molecule has 37 heavy (non-hydrogen) atoms. The summed E-state index contributed by atoms with van der Waals surface area (Å²) in [7, 11) is -4.04. The third-order valence-corrected chi connectivity index (χ3v) is 7.95. The van der Waals surface area contributed by atoms with Gasteiger partial charge in [-0.25, -0.2) is 17.2 Å². The maximum atomic E-state index is 13.9. The average Bonchev–Trinajstić information content (AvgIpc) is 2.85. The average molecular weight is 536 g/mol. The molecule has 2 aromatic carbocycles. The first-order valence-corrected chi connectivity index (χ1v) is 14.4. The minimum absolute atomic E-state index is 0.0421. The van der Waals surface area contributed by atoms with Crippen molar-refractivity contribution in [2.45, 2.75) is 71.0 Å². The van der Waals surface area contributed by atoms with E-state index >= 15 is 0 Å². The van der Waals surface area contributed by atoms with E-state index < -0.39 is 40.2 Å². The van der Waals surface area contributed by atoms with Crippen LogP contribution in [-0.4, -0.2) is 50.0 Å². The lowest BCUT2D eigenvalue weighted by Gasteiger charge is -2.34. The molecular weight excluding hydrogens is 500 g/mol. The molecule has 0 aliphatic heterocycles. The predicted molar refractivity (Wildman–Crippen MR) is 139 cm³/mol. The Labute approximate surface area is 217 Å². The van der Waals surface area contributed by atoms with Crippen molar-refractivity contribution in [1.29, 1.82) is 0 Å². The van der Waals surface area contributed by atoms with Crippen molar-refractivity contribution >= 4 is 27.5 Å². The van der Waals surface area contributed by atoms with Gasteiger partial charge >= 0.3 is 0 Å². The van der Waals surface area contributed by atoms with E-state index in [2.05, 4.69) is 5.32 Å². The Hall–Kier alpha value is -3.01. The van der Waals surface area contributed by atoms with Gasteiger partial charge in [0.05, 0.1) is 11.9 Å². The highest BCUT2D eigenvalue weighted by atomic mass is 32.2. The summed E-state index contributed by atoms with van der Waals surface area (Å²) < 4.78 is 53.3. The molecule has 2 amide bonds. The van der Waals surface area contributed by atoms with E-state index in [9.17, 15) is 26.8 Å². The van der Waals surface area contributed by atoms with Crippen LogP contribution in [-0.2, 0) is 26.2 Å². The molecular formula is C27H35F2N3O4S. The Morgan fingerprint density at radius 3 is 2.32 bits per heavy atom. The number of nitrogens with zero attached hydrogens (tertiary/aromatic N) is 2. The molecule has 202 valence electrons. The number of rotatable bonds is 10. The van der Waals surface area contributed by atoms with Crippen molar-refractivity contribution in [2.24, 2.45) is 0 Å². The number of amides is 2. The van der Waals surface area contributed by atoms with Crippen LogP contribution in [0.2, 0.25) is 0 Å². The molecule has 10 heteroatoms. The van der Waals surface area contributed by atoms with Gasteiger partial charge in [-0.05, 0) is 49.4 Å². The number of nitrogens with one attached hydrogen (secondary N) is 1. The van der Waals surface area contributed by atoms with Gasteiger partial charge in [0.15, 0.2) is 11.6 Å². The Morgan fingerprint density at radius 1 is 1.05 bits per heavy atom. The van der Waals surface area contributed by atoms with Gasteiger partial charge in [-0.2, -0.15) is 0 Å².